The molecule has 1 nitrogen and oxygen atoms in total. The highest BCUT2D eigenvalue weighted by molar-refractivity contribution is 5.26. The maximum absolute atomic E-state index is 10.2. The van der Waals surface area contributed by atoms with Gasteiger partial charge in [-0.2, -0.15) is 5.26 Å². The molecule has 1 atom stereocenters. The predicted molar refractivity (Wildman–Crippen MR) is 125 cm³/mol. The zero-order valence-electron chi connectivity index (χ0n) is 19.6. The third-order valence-electron chi connectivity index (χ3n) is 8.97. The molecule has 0 unspecified atom stereocenters. The summed E-state index contributed by atoms with van der Waals surface area (Å²) in [7, 11) is 0. The summed E-state index contributed by atoms with van der Waals surface area (Å²) in [5.74, 6) is 3.79. The lowest BCUT2D eigenvalue weighted by atomic mass is 9.61. The quantitative estimate of drug-likeness (QED) is 0.281. The van der Waals surface area contributed by atoms with Gasteiger partial charge in [0.05, 0.1) is 11.5 Å². The highest BCUT2D eigenvalue weighted by atomic mass is 14.5. The second kappa shape index (κ2) is 11.6. The fourth-order valence-electron chi connectivity index (χ4n) is 6.82. The van der Waals surface area contributed by atoms with Crippen LogP contribution >= 0.6 is 0 Å². The topological polar surface area (TPSA) is 23.8 Å². The molecule has 164 valence electrons. The van der Waals surface area contributed by atoms with Crippen LogP contribution in [0.15, 0.2) is 11.6 Å². The Kier molecular flexibility index (Phi) is 9.14. The Bertz CT molecular complexity index is 537. The van der Waals surface area contributed by atoms with Crippen LogP contribution in [0.1, 0.15) is 129 Å². The van der Waals surface area contributed by atoms with Crippen LogP contribution in [0, 0.1) is 40.4 Å². The standard InChI is InChI=1S/C28H47N/c1-3-5-7-9-24-12-16-27(17-13-24)28(22-29)20-18-26(19-21-28)25-14-10-23(11-15-25)8-6-4-2/h16,23-26H,3-15,17-21H2,1-2H3/t23?,24-,25?,26?,28?/m0/s1. The number of nitriles is 1. The smallest absolute Gasteiger partial charge is 0.0782 e. The van der Waals surface area contributed by atoms with E-state index in [1.165, 1.54) is 108 Å². The van der Waals surface area contributed by atoms with E-state index < -0.39 is 0 Å². The van der Waals surface area contributed by atoms with Gasteiger partial charge in [0.1, 0.15) is 0 Å². The maximum atomic E-state index is 10.2. The lowest BCUT2D eigenvalue weighted by Crippen LogP contribution is -2.33. The Hall–Kier alpha value is -0.770. The van der Waals surface area contributed by atoms with Crippen molar-refractivity contribution in [2.45, 2.75) is 129 Å². The molecule has 2 fully saturated rings. The van der Waals surface area contributed by atoms with Crippen LogP contribution in [0.5, 0.6) is 0 Å². The molecule has 0 aromatic rings. The summed E-state index contributed by atoms with van der Waals surface area (Å²) in [4.78, 5) is 0. The molecule has 0 saturated heterocycles. The van der Waals surface area contributed by atoms with Crippen molar-refractivity contribution in [3.05, 3.63) is 11.6 Å². The molecule has 2 saturated carbocycles. The molecule has 0 aromatic carbocycles. The predicted octanol–water partition coefficient (Wildman–Crippen LogP) is 8.99. The van der Waals surface area contributed by atoms with Crippen molar-refractivity contribution in [3.63, 3.8) is 0 Å². The summed E-state index contributed by atoms with van der Waals surface area (Å²) in [6.07, 6.45) is 26.9. The third-order valence-corrected chi connectivity index (χ3v) is 8.97. The van der Waals surface area contributed by atoms with Crippen LogP contribution < -0.4 is 0 Å². The number of unbranched alkanes of at least 4 members (excludes halogenated alkanes) is 3. The summed E-state index contributed by atoms with van der Waals surface area (Å²) in [6, 6.07) is 2.84. The van der Waals surface area contributed by atoms with Crippen molar-refractivity contribution in [2.75, 3.05) is 0 Å². The number of nitrogens with zero attached hydrogens (tertiary/aromatic N) is 1. The summed E-state index contributed by atoms with van der Waals surface area (Å²) in [5.41, 5.74) is 1.44. The minimum absolute atomic E-state index is 0.0940. The Morgan fingerprint density at radius 2 is 1.48 bits per heavy atom. The lowest BCUT2D eigenvalue weighted by Gasteiger charge is -2.42. The first-order valence-electron chi connectivity index (χ1n) is 13.3. The van der Waals surface area contributed by atoms with Crippen LogP contribution in [0.3, 0.4) is 0 Å². The largest absolute Gasteiger partial charge is 0.197 e. The van der Waals surface area contributed by atoms with Crippen molar-refractivity contribution < 1.29 is 0 Å². The van der Waals surface area contributed by atoms with Gasteiger partial charge in [0, 0.05) is 0 Å². The molecule has 0 spiro atoms. The molecule has 1 heteroatoms. The molecule has 3 aliphatic carbocycles. The van der Waals surface area contributed by atoms with Gasteiger partial charge in [-0.05, 0) is 81.5 Å². The Morgan fingerprint density at radius 1 is 0.828 bits per heavy atom. The van der Waals surface area contributed by atoms with Gasteiger partial charge in [0.15, 0.2) is 0 Å². The van der Waals surface area contributed by atoms with Crippen molar-refractivity contribution in [1.82, 2.24) is 0 Å². The highest BCUT2D eigenvalue weighted by Gasteiger charge is 2.41. The Balaban J connectivity index is 1.46. The molecule has 3 aliphatic rings. The van der Waals surface area contributed by atoms with Gasteiger partial charge in [-0.1, -0.05) is 83.3 Å². The van der Waals surface area contributed by atoms with Gasteiger partial charge >= 0.3 is 0 Å². The Morgan fingerprint density at radius 3 is 2.07 bits per heavy atom. The fraction of sp³-hybridized carbons (Fsp3) is 0.893. The number of hydrogen-bond donors (Lipinski definition) is 0. The zero-order chi connectivity index (χ0) is 20.5. The van der Waals surface area contributed by atoms with E-state index in [2.05, 4.69) is 26.0 Å². The van der Waals surface area contributed by atoms with Crippen molar-refractivity contribution in [2.24, 2.45) is 29.1 Å². The fourth-order valence-corrected chi connectivity index (χ4v) is 6.82. The van der Waals surface area contributed by atoms with E-state index in [0.29, 0.717) is 0 Å². The van der Waals surface area contributed by atoms with Crippen molar-refractivity contribution in [3.8, 4) is 6.07 Å². The lowest BCUT2D eigenvalue weighted by molar-refractivity contribution is 0.130. The number of allylic oxidation sites excluding steroid dienone is 2. The molecule has 0 heterocycles. The van der Waals surface area contributed by atoms with Crippen molar-refractivity contribution in [1.29, 1.82) is 5.26 Å². The molecule has 0 N–H and O–H groups in total. The van der Waals surface area contributed by atoms with Gasteiger partial charge < -0.3 is 0 Å². The van der Waals surface area contributed by atoms with Crippen LogP contribution in [0.2, 0.25) is 0 Å². The Labute approximate surface area is 181 Å². The van der Waals surface area contributed by atoms with Crippen LogP contribution in [0.4, 0.5) is 0 Å². The normalized spacial score (nSPS) is 35.7. The molecule has 0 aromatic heterocycles. The first kappa shape index (κ1) is 22.9. The molecule has 0 amide bonds. The van der Waals surface area contributed by atoms with Crippen LogP contribution in [-0.2, 0) is 0 Å². The molecule has 3 rings (SSSR count). The van der Waals surface area contributed by atoms with E-state index in [0.717, 1.165) is 36.5 Å². The molecule has 29 heavy (non-hydrogen) atoms. The third kappa shape index (κ3) is 6.12. The van der Waals surface area contributed by atoms with E-state index in [9.17, 15) is 5.26 Å². The van der Waals surface area contributed by atoms with Crippen molar-refractivity contribution >= 4 is 0 Å². The van der Waals surface area contributed by atoms with Gasteiger partial charge in [-0.15, -0.1) is 0 Å². The van der Waals surface area contributed by atoms with Crippen LogP contribution in [-0.4, -0.2) is 0 Å². The molecule has 0 bridgehead atoms. The van der Waals surface area contributed by atoms with E-state index in [4.69, 9.17) is 0 Å². The van der Waals surface area contributed by atoms with Gasteiger partial charge in [0.25, 0.3) is 0 Å². The van der Waals surface area contributed by atoms with Crippen LogP contribution in [0.25, 0.3) is 0 Å². The summed E-state index contributed by atoms with van der Waals surface area (Å²) in [5, 5.41) is 10.2. The first-order chi connectivity index (χ1) is 14.2. The monoisotopic (exact) mass is 397 g/mol. The zero-order valence-corrected chi connectivity index (χ0v) is 19.6. The summed E-state index contributed by atoms with van der Waals surface area (Å²) >= 11 is 0. The van der Waals surface area contributed by atoms with Gasteiger partial charge in [-0.3, -0.25) is 0 Å². The summed E-state index contributed by atoms with van der Waals surface area (Å²) < 4.78 is 0. The van der Waals surface area contributed by atoms with E-state index >= 15 is 0 Å². The summed E-state index contributed by atoms with van der Waals surface area (Å²) in [6.45, 7) is 4.62. The molecule has 0 aliphatic heterocycles. The van der Waals surface area contributed by atoms with Gasteiger partial charge in [0.2, 0.25) is 0 Å². The number of rotatable bonds is 9. The molecular formula is C28H47N. The minimum Gasteiger partial charge on any atom is -0.197 e. The van der Waals surface area contributed by atoms with Gasteiger partial charge in [-0.25, -0.2) is 0 Å². The minimum atomic E-state index is -0.0940. The maximum Gasteiger partial charge on any atom is 0.0782 e. The molecular weight excluding hydrogens is 350 g/mol. The molecule has 0 radical (unpaired) electrons. The second-order valence-electron chi connectivity index (χ2n) is 10.8. The number of hydrogen-bond acceptors (Lipinski definition) is 1. The highest BCUT2D eigenvalue weighted by Crippen LogP contribution is 2.51. The van der Waals surface area contributed by atoms with E-state index in [1.54, 1.807) is 0 Å². The van der Waals surface area contributed by atoms with E-state index in [-0.39, 0.29) is 5.41 Å². The SMILES string of the molecule is CCCCC[C@H]1CC=C(C2(C#N)CCC(C3CCC(CCCC)CC3)CC2)CC1. The average molecular weight is 398 g/mol. The second-order valence-corrected chi connectivity index (χ2v) is 10.8. The average Bonchev–Trinajstić information content (AvgIpc) is 2.79. The first-order valence-corrected chi connectivity index (χ1v) is 13.3. The van der Waals surface area contributed by atoms with E-state index in [1.807, 2.05) is 0 Å².